The number of carbonyl (C=O) groups excluding carboxylic acids is 2. The number of hydrogen-bond donors (Lipinski definition) is 3. The predicted molar refractivity (Wildman–Crippen MR) is 101 cm³/mol. The van der Waals surface area contributed by atoms with Crippen LogP contribution < -0.4 is 16.0 Å². The van der Waals surface area contributed by atoms with Crippen LogP contribution in [-0.2, 0) is 16.0 Å². The van der Waals surface area contributed by atoms with Gasteiger partial charge in [-0.3, -0.25) is 10.6 Å². The molecule has 0 aliphatic rings. The molecule has 3 N–H and O–H groups in total. The average molecular weight is 375 g/mol. The summed E-state index contributed by atoms with van der Waals surface area (Å²) >= 11 is 0. The first-order valence-corrected chi connectivity index (χ1v) is 8.51. The standard InChI is InChI=1S/C19H22FN3O4/c1-3-26-18(24)22-16-10-9-15(11-17(16)23-19(25)27-4-2)21-12-13-5-7-14(20)8-6-13/h5-11,21H,3-4,12H2,1-2H3,(H,22,24)(H,23,25). The molecule has 0 spiro atoms. The minimum Gasteiger partial charge on any atom is -0.450 e. The molecule has 2 aromatic carbocycles. The van der Waals surface area contributed by atoms with E-state index in [4.69, 9.17) is 9.47 Å². The molecule has 27 heavy (non-hydrogen) atoms. The molecule has 2 aromatic rings. The number of halogens is 1. The largest absolute Gasteiger partial charge is 0.450 e. The Labute approximate surface area is 156 Å². The average Bonchev–Trinajstić information content (AvgIpc) is 2.63. The third-order valence-electron chi connectivity index (χ3n) is 3.45. The van der Waals surface area contributed by atoms with Gasteiger partial charge >= 0.3 is 12.2 Å². The van der Waals surface area contributed by atoms with E-state index in [0.29, 0.717) is 23.6 Å². The number of amides is 2. The molecule has 0 aliphatic carbocycles. The van der Waals surface area contributed by atoms with E-state index in [0.717, 1.165) is 5.56 Å². The Morgan fingerprint density at radius 2 is 1.48 bits per heavy atom. The first-order valence-electron chi connectivity index (χ1n) is 8.51. The lowest BCUT2D eigenvalue weighted by atomic mass is 10.2. The molecule has 0 saturated heterocycles. The van der Waals surface area contributed by atoms with Crippen LogP contribution in [0, 0.1) is 5.82 Å². The van der Waals surface area contributed by atoms with Crippen LogP contribution in [0.3, 0.4) is 0 Å². The number of ether oxygens (including phenoxy) is 2. The number of hydrogen-bond acceptors (Lipinski definition) is 5. The number of anilines is 3. The Morgan fingerprint density at radius 1 is 0.889 bits per heavy atom. The van der Waals surface area contributed by atoms with E-state index in [1.807, 2.05) is 0 Å². The van der Waals surface area contributed by atoms with Crippen molar-refractivity contribution in [2.45, 2.75) is 20.4 Å². The van der Waals surface area contributed by atoms with Crippen molar-refractivity contribution in [3.8, 4) is 0 Å². The Morgan fingerprint density at radius 3 is 2.07 bits per heavy atom. The third kappa shape index (κ3) is 6.50. The van der Waals surface area contributed by atoms with Gasteiger partial charge in [-0.05, 0) is 49.7 Å². The molecule has 0 unspecified atom stereocenters. The van der Waals surface area contributed by atoms with Crippen LogP contribution in [0.2, 0.25) is 0 Å². The van der Waals surface area contributed by atoms with Gasteiger partial charge in [0.15, 0.2) is 0 Å². The van der Waals surface area contributed by atoms with E-state index in [9.17, 15) is 14.0 Å². The topological polar surface area (TPSA) is 88.7 Å². The molecule has 0 atom stereocenters. The van der Waals surface area contributed by atoms with Gasteiger partial charge in [-0.1, -0.05) is 12.1 Å². The molecule has 0 fully saturated rings. The molecule has 0 aliphatic heterocycles. The predicted octanol–water partition coefficient (Wildman–Crippen LogP) is 4.57. The molecular formula is C19H22FN3O4. The molecule has 2 rings (SSSR count). The molecule has 2 amide bonds. The Kier molecular flexibility index (Phi) is 7.42. The van der Waals surface area contributed by atoms with Gasteiger partial charge in [0.25, 0.3) is 0 Å². The number of carbonyl (C=O) groups is 2. The smallest absolute Gasteiger partial charge is 0.411 e. The van der Waals surface area contributed by atoms with E-state index in [1.165, 1.54) is 12.1 Å². The summed E-state index contributed by atoms with van der Waals surface area (Å²) in [6.45, 7) is 4.29. The quantitative estimate of drug-likeness (QED) is 0.659. The summed E-state index contributed by atoms with van der Waals surface area (Å²) in [4.78, 5) is 23.4. The van der Waals surface area contributed by atoms with Crippen LogP contribution in [0.4, 0.5) is 31.0 Å². The number of nitrogens with one attached hydrogen (secondary N) is 3. The Bertz CT molecular complexity index is 781. The summed E-state index contributed by atoms with van der Waals surface area (Å²) in [5.41, 5.74) is 2.31. The van der Waals surface area contributed by atoms with E-state index < -0.39 is 12.2 Å². The van der Waals surface area contributed by atoms with Gasteiger partial charge in [0.05, 0.1) is 24.6 Å². The first kappa shape index (κ1) is 20.0. The maximum atomic E-state index is 13.0. The van der Waals surface area contributed by atoms with Gasteiger partial charge in [-0.2, -0.15) is 0 Å². The highest BCUT2D eigenvalue weighted by molar-refractivity contribution is 5.96. The lowest BCUT2D eigenvalue weighted by molar-refractivity contribution is 0.166. The summed E-state index contributed by atoms with van der Waals surface area (Å²) < 4.78 is 22.7. The Hall–Kier alpha value is -3.29. The van der Waals surface area contributed by atoms with Crippen molar-refractivity contribution in [1.29, 1.82) is 0 Å². The van der Waals surface area contributed by atoms with Crippen molar-refractivity contribution in [2.75, 3.05) is 29.2 Å². The van der Waals surface area contributed by atoms with E-state index in [-0.39, 0.29) is 19.0 Å². The lowest BCUT2D eigenvalue weighted by Gasteiger charge is -2.15. The number of benzene rings is 2. The van der Waals surface area contributed by atoms with Gasteiger partial charge in [0, 0.05) is 12.2 Å². The second-order valence-corrected chi connectivity index (χ2v) is 5.43. The van der Waals surface area contributed by atoms with E-state index in [1.54, 1.807) is 44.2 Å². The van der Waals surface area contributed by atoms with Crippen LogP contribution in [0.1, 0.15) is 19.4 Å². The molecule has 7 nitrogen and oxygen atoms in total. The van der Waals surface area contributed by atoms with Crippen molar-refractivity contribution >= 4 is 29.2 Å². The van der Waals surface area contributed by atoms with Crippen LogP contribution >= 0.6 is 0 Å². The second-order valence-electron chi connectivity index (χ2n) is 5.43. The maximum Gasteiger partial charge on any atom is 0.411 e. The van der Waals surface area contributed by atoms with Gasteiger partial charge in [0.2, 0.25) is 0 Å². The zero-order valence-corrected chi connectivity index (χ0v) is 15.2. The molecule has 0 radical (unpaired) electrons. The minimum absolute atomic E-state index is 0.217. The van der Waals surface area contributed by atoms with Gasteiger partial charge in [0.1, 0.15) is 5.82 Å². The summed E-state index contributed by atoms with van der Waals surface area (Å²) in [5, 5.41) is 8.32. The summed E-state index contributed by atoms with van der Waals surface area (Å²) in [7, 11) is 0. The SMILES string of the molecule is CCOC(=O)Nc1ccc(NCc2ccc(F)cc2)cc1NC(=O)OCC. The minimum atomic E-state index is -0.639. The zero-order valence-electron chi connectivity index (χ0n) is 15.2. The highest BCUT2D eigenvalue weighted by atomic mass is 19.1. The lowest BCUT2D eigenvalue weighted by Crippen LogP contribution is -2.18. The van der Waals surface area contributed by atoms with Crippen molar-refractivity contribution in [1.82, 2.24) is 0 Å². The molecule has 0 saturated carbocycles. The molecule has 0 bridgehead atoms. The fourth-order valence-corrected chi connectivity index (χ4v) is 2.23. The monoisotopic (exact) mass is 375 g/mol. The fourth-order valence-electron chi connectivity index (χ4n) is 2.23. The number of rotatable bonds is 7. The van der Waals surface area contributed by atoms with E-state index in [2.05, 4.69) is 16.0 Å². The van der Waals surface area contributed by atoms with Gasteiger partial charge in [-0.15, -0.1) is 0 Å². The van der Waals surface area contributed by atoms with Crippen molar-refractivity contribution in [2.24, 2.45) is 0 Å². The molecule has 8 heteroatoms. The maximum absolute atomic E-state index is 13.0. The van der Waals surface area contributed by atoms with Crippen LogP contribution in [-0.4, -0.2) is 25.4 Å². The second kappa shape index (κ2) is 10.0. The van der Waals surface area contributed by atoms with Crippen LogP contribution in [0.25, 0.3) is 0 Å². The van der Waals surface area contributed by atoms with E-state index >= 15 is 0 Å². The van der Waals surface area contributed by atoms with Gasteiger partial charge in [-0.25, -0.2) is 14.0 Å². The molecular weight excluding hydrogens is 353 g/mol. The van der Waals surface area contributed by atoms with Crippen LogP contribution in [0.5, 0.6) is 0 Å². The fraction of sp³-hybridized carbons (Fsp3) is 0.263. The summed E-state index contributed by atoms with van der Waals surface area (Å²) in [6, 6.07) is 11.1. The molecule has 144 valence electrons. The van der Waals surface area contributed by atoms with Crippen molar-refractivity contribution in [3.63, 3.8) is 0 Å². The third-order valence-corrected chi connectivity index (χ3v) is 3.45. The van der Waals surface area contributed by atoms with Crippen molar-refractivity contribution in [3.05, 3.63) is 53.8 Å². The van der Waals surface area contributed by atoms with Crippen LogP contribution in [0.15, 0.2) is 42.5 Å². The molecule has 0 aromatic heterocycles. The summed E-state index contributed by atoms with van der Waals surface area (Å²) in [5.74, 6) is -0.297. The Balaban J connectivity index is 2.14. The highest BCUT2D eigenvalue weighted by Crippen LogP contribution is 2.27. The normalized spacial score (nSPS) is 10.0. The highest BCUT2D eigenvalue weighted by Gasteiger charge is 2.12. The first-order chi connectivity index (χ1) is 13.0. The van der Waals surface area contributed by atoms with Crippen molar-refractivity contribution < 1.29 is 23.5 Å². The molecule has 0 heterocycles. The summed E-state index contributed by atoms with van der Waals surface area (Å²) in [6.07, 6.45) is -1.27. The van der Waals surface area contributed by atoms with Gasteiger partial charge < -0.3 is 14.8 Å². The zero-order chi connectivity index (χ0) is 19.6.